The average Bonchev–Trinajstić information content (AvgIpc) is 2.20. The van der Waals surface area contributed by atoms with E-state index >= 15 is 0 Å². The Hall–Kier alpha value is -1.84. The molecule has 1 aromatic rings. The summed E-state index contributed by atoms with van der Waals surface area (Å²) in [6.45, 7) is 5.37. The van der Waals surface area contributed by atoms with E-state index in [4.69, 9.17) is 5.73 Å². The van der Waals surface area contributed by atoms with Crippen LogP contribution in [0.2, 0.25) is 0 Å². The van der Waals surface area contributed by atoms with Crippen molar-refractivity contribution in [3.05, 3.63) is 29.8 Å². The summed E-state index contributed by atoms with van der Waals surface area (Å²) in [7, 11) is 0. The number of nitrogens with two attached hydrogens (primary N) is 1. The zero-order valence-electron chi connectivity index (χ0n) is 9.20. The molecule has 0 aliphatic heterocycles. The number of para-hydroxylation sites is 1. The quantitative estimate of drug-likeness (QED) is 0.777. The first-order chi connectivity index (χ1) is 7.11. The van der Waals surface area contributed by atoms with Gasteiger partial charge in [-0.15, -0.1) is 0 Å². The molecule has 2 amide bonds. The largest absolute Gasteiger partial charge is 0.366 e. The second-order valence-electron chi connectivity index (χ2n) is 2.59. The van der Waals surface area contributed by atoms with Gasteiger partial charge < -0.3 is 11.1 Å². The van der Waals surface area contributed by atoms with Crippen LogP contribution in [0.3, 0.4) is 0 Å². The molecule has 1 aromatic carbocycles. The van der Waals surface area contributed by atoms with Gasteiger partial charge >= 0.3 is 0 Å². The summed E-state index contributed by atoms with van der Waals surface area (Å²) >= 11 is 0. The Morgan fingerprint density at radius 2 is 1.73 bits per heavy atom. The van der Waals surface area contributed by atoms with E-state index in [1.807, 2.05) is 13.8 Å². The van der Waals surface area contributed by atoms with Gasteiger partial charge in [0.25, 0.3) is 5.91 Å². The highest BCUT2D eigenvalue weighted by Crippen LogP contribution is 2.13. The third kappa shape index (κ3) is 4.26. The van der Waals surface area contributed by atoms with Crippen molar-refractivity contribution < 1.29 is 9.59 Å². The first-order valence-corrected chi connectivity index (χ1v) is 4.77. The van der Waals surface area contributed by atoms with Gasteiger partial charge in [-0.05, 0) is 12.1 Å². The number of carbonyl (C=O) groups excluding carboxylic acids is 2. The Morgan fingerprint density at radius 3 is 2.20 bits per heavy atom. The lowest BCUT2D eigenvalue weighted by Crippen LogP contribution is -2.16. The van der Waals surface area contributed by atoms with E-state index in [0.717, 1.165) is 0 Å². The fraction of sp³-hybridized carbons (Fsp3) is 0.273. The molecule has 0 saturated heterocycles. The van der Waals surface area contributed by atoms with E-state index in [-0.39, 0.29) is 5.91 Å². The number of hydrogen-bond acceptors (Lipinski definition) is 2. The molecule has 0 unspecified atom stereocenters. The second-order valence-corrected chi connectivity index (χ2v) is 2.59. The van der Waals surface area contributed by atoms with E-state index in [0.29, 0.717) is 11.3 Å². The Labute approximate surface area is 89.5 Å². The predicted molar refractivity (Wildman–Crippen MR) is 60.6 cm³/mol. The number of rotatable bonds is 2. The van der Waals surface area contributed by atoms with Crippen LogP contribution in [0.25, 0.3) is 0 Å². The van der Waals surface area contributed by atoms with E-state index in [9.17, 15) is 9.59 Å². The normalized spacial score (nSPS) is 8.47. The number of nitrogens with one attached hydrogen (secondary N) is 1. The molecule has 4 heteroatoms. The fourth-order valence-electron chi connectivity index (χ4n) is 0.997. The number of amides is 2. The Morgan fingerprint density at radius 1 is 1.20 bits per heavy atom. The van der Waals surface area contributed by atoms with Crippen molar-refractivity contribution in [1.82, 2.24) is 0 Å². The first-order valence-electron chi connectivity index (χ1n) is 4.77. The zero-order valence-corrected chi connectivity index (χ0v) is 9.20. The van der Waals surface area contributed by atoms with Crippen LogP contribution < -0.4 is 11.1 Å². The lowest BCUT2D eigenvalue weighted by atomic mass is 10.1. The molecule has 0 bridgehead atoms. The van der Waals surface area contributed by atoms with Gasteiger partial charge in [0.05, 0.1) is 11.3 Å². The van der Waals surface area contributed by atoms with Gasteiger partial charge in [-0.25, -0.2) is 0 Å². The van der Waals surface area contributed by atoms with E-state index in [1.54, 1.807) is 24.3 Å². The summed E-state index contributed by atoms with van der Waals surface area (Å²) in [5, 5.41) is 2.51. The minimum absolute atomic E-state index is 0.228. The SMILES string of the molecule is CC.CC(=O)Nc1ccccc1C(N)=O. The Bertz CT molecular complexity index is 348. The van der Waals surface area contributed by atoms with Crippen LogP contribution in [0.5, 0.6) is 0 Å². The van der Waals surface area contributed by atoms with E-state index in [1.165, 1.54) is 6.92 Å². The lowest BCUT2D eigenvalue weighted by Gasteiger charge is -2.05. The maximum Gasteiger partial charge on any atom is 0.250 e. The monoisotopic (exact) mass is 208 g/mol. The molecule has 0 atom stereocenters. The summed E-state index contributed by atoms with van der Waals surface area (Å²) in [5.74, 6) is -0.780. The number of anilines is 1. The van der Waals surface area contributed by atoms with Gasteiger partial charge in [0, 0.05) is 6.92 Å². The first kappa shape index (κ1) is 13.2. The molecule has 0 spiro atoms. The zero-order chi connectivity index (χ0) is 11.8. The van der Waals surface area contributed by atoms with Gasteiger partial charge in [0.2, 0.25) is 5.91 Å². The fourth-order valence-corrected chi connectivity index (χ4v) is 0.997. The minimum Gasteiger partial charge on any atom is -0.366 e. The highest BCUT2D eigenvalue weighted by molar-refractivity contribution is 6.02. The number of primary amides is 1. The highest BCUT2D eigenvalue weighted by Gasteiger charge is 2.06. The summed E-state index contributed by atoms with van der Waals surface area (Å²) in [4.78, 5) is 21.6. The van der Waals surface area contributed by atoms with Crippen LogP contribution in [-0.2, 0) is 4.79 Å². The molecule has 0 saturated carbocycles. The molecule has 0 aromatic heterocycles. The van der Waals surface area contributed by atoms with Gasteiger partial charge in [-0.1, -0.05) is 26.0 Å². The van der Waals surface area contributed by atoms with Crippen molar-refractivity contribution in [2.75, 3.05) is 5.32 Å². The maximum atomic E-state index is 10.9. The number of carbonyl (C=O) groups is 2. The summed E-state index contributed by atoms with van der Waals surface area (Å²) < 4.78 is 0. The van der Waals surface area contributed by atoms with Crippen molar-refractivity contribution in [2.24, 2.45) is 5.73 Å². The van der Waals surface area contributed by atoms with Crippen LogP contribution in [0.1, 0.15) is 31.1 Å². The minimum atomic E-state index is -0.552. The molecule has 0 aliphatic rings. The average molecular weight is 208 g/mol. The van der Waals surface area contributed by atoms with Crippen molar-refractivity contribution in [1.29, 1.82) is 0 Å². The smallest absolute Gasteiger partial charge is 0.250 e. The number of hydrogen-bond donors (Lipinski definition) is 2. The van der Waals surface area contributed by atoms with Crippen LogP contribution in [-0.4, -0.2) is 11.8 Å². The highest BCUT2D eigenvalue weighted by atomic mass is 16.2. The standard InChI is InChI=1S/C9H10N2O2.C2H6/c1-6(12)11-8-5-3-2-4-7(8)9(10)13;1-2/h2-5H,1H3,(H2,10,13)(H,11,12);1-2H3. The van der Waals surface area contributed by atoms with Crippen LogP contribution >= 0.6 is 0 Å². The van der Waals surface area contributed by atoms with Crippen molar-refractivity contribution in [3.63, 3.8) is 0 Å². The molecular weight excluding hydrogens is 192 g/mol. The third-order valence-corrected chi connectivity index (χ3v) is 1.50. The number of benzene rings is 1. The topological polar surface area (TPSA) is 72.2 Å². The molecule has 0 radical (unpaired) electrons. The molecule has 1 rings (SSSR count). The summed E-state index contributed by atoms with van der Waals surface area (Å²) in [6.07, 6.45) is 0. The summed E-state index contributed by atoms with van der Waals surface area (Å²) in [6, 6.07) is 6.60. The molecular formula is C11H16N2O2. The maximum absolute atomic E-state index is 10.9. The second kappa shape index (κ2) is 6.59. The van der Waals surface area contributed by atoms with E-state index < -0.39 is 5.91 Å². The molecule has 82 valence electrons. The molecule has 0 heterocycles. The molecule has 4 nitrogen and oxygen atoms in total. The van der Waals surface area contributed by atoms with Crippen molar-refractivity contribution >= 4 is 17.5 Å². The molecule has 3 N–H and O–H groups in total. The van der Waals surface area contributed by atoms with Gasteiger partial charge in [0.15, 0.2) is 0 Å². The van der Waals surface area contributed by atoms with Crippen molar-refractivity contribution in [3.8, 4) is 0 Å². The van der Waals surface area contributed by atoms with Crippen molar-refractivity contribution in [2.45, 2.75) is 20.8 Å². The third-order valence-electron chi connectivity index (χ3n) is 1.50. The summed E-state index contributed by atoms with van der Waals surface area (Å²) in [5.41, 5.74) is 5.86. The molecule has 0 fully saturated rings. The van der Waals surface area contributed by atoms with Crippen LogP contribution in [0, 0.1) is 0 Å². The van der Waals surface area contributed by atoms with Gasteiger partial charge in [-0.3, -0.25) is 9.59 Å². The predicted octanol–water partition coefficient (Wildman–Crippen LogP) is 1.77. The molecule has 15 heavy (non-hydrogen) atoms. The lowest BCUT2D eigenvalue weighted by molar-refractivity contribution is -0.114. The van der Waals surface area contributed by atoms with Gasteiger partial charge in [-0.2, -0.15) is 0 Å². The van der Waals surface area contributed by atoms with Crippen LogP contribution in [0.15, 0.2) is 24.3 Å². The van der Waals surface area contributed by atoms with Gasteiger partial charge in [0.1, 0.15) is 0 Å². The Kier molecular flexibility index (Phi) is 5.78. The van der Waals surface area contributed by atoms with Crippen LogP contribution in [0.4, 0.5) is 5.69 Å². The Balaban J connectivity index is 0.000000921. The van der Waals surface area contributed by atoms with E-state index in [2.05, 4.69) is 5.32 Å². The molecule has 0 aliphatic carbocycles.